The van der Waals surface area contributed by atoms with Gasteiger partial charge < -0.3 is 10.4 Å². The van der Waals surface area contributed by atoms with E-state index in [4.69, 9.17) is 0 Å². The van der Waals surface area contributed by atoms with Crippen molar-refractivity contribution in [2.45, 2.75) is 39.2 Å². The van der Waals surface area contributed by atoms with Crippen LogP contribution in [-0.4, -0.2) is 41.7 Å². The number of aromatic nitrogens is 1. The van der Waals surface area contributed by atoms with Crippen LogP contribution in [0.25, 0.3) is 10.9 Å². The first-order valence-corrected chi connectivity index (χ1v) is 9.79. The molecule has 4 rings (SSSR count). The summed E-state index contributed by atoms with van der Waals surface area (Å²) in [7, 11) is 0. The van der Waals surface area contributed by atoms with Gasteiger partial charge in [0.2, 0.25) is 5.91 Å². The highest BCUT2D eigenvalue weighted by molar-refractivity contribution is 6.06. The molecule has 0 aliphatic carbocycles. The minimum absolute atomic E-state index is 0.173. The SMILES string of the molecule is Cc1nc2ccc([C@@]3(O)CCNCC3(C)C)c(F)c2cc1N1CCC(=O)NC1=O. The summed E-state index contributed by atoms with van der Waals surface area (Å²) < 4.78 is 15.7. The average molecular weight is 400 g/mol. The molecule has 1 aromatic carbocycles. The number of carbonyl (C=O) groups is 2. The van der Waals surface area contributed by atoms with E-state index in [0.717, 1.165) is 0 Å². The molecule has 1 aromatic heterocycles. The second-order valence-electron chi connectivity index (χ2n) is 8.51. The highest BCUT2D eigenvalue weighted by atomic mass is 19.1. The quantitative estimate of drug-likeness (QED) is 0.719. The summed E-state index contributed by atoms with van der Waals surface area (Å²) in [4.78, 5) is 29.6. The van der Waals surface area contributed by atoms with E-state index in [1.54, 1.807) is 25.1 Å². The van der Waals surface area contributed by atoms with Crippen LogP contribution in [0.15, 0.2) is 18.2 Å². The van der Waals surface area contributed by atoms with Crippen molar-refractivity contribution in [2.75, 3.05) is 24.5 Å². The van der Waals surface area contributed by atoms with Gasteiger partial charge in [-0.3, -0.25) is 20.0 Å². The van der Waals surface area contributed by atoms with Gasteiger partial charge >= 0.3 is 6.03 Å². The van der Waals surface area contributed by atoms with Gasteiger partial charge in [0.05, 0.1) is 22.5 Å². The molecule has 0 spiro atoms. The minimum Gasteiger partial charge on any atom is -0.384 e. The number of benzene rings is 1. The van der Waals surface area contributed by atoms with Gasteiger partial charge in [-0.05, 0) is 32.0 Å². The Bertz CT molecular complexity index is 1020. The molecule has 2 saturated heterocycles. The Kier molecular flexibility index (Phi) is 4.59. The Balaban J connectivity index is 1.85. The number of aryl methyl sites for hydroxylation is 1. The van der Waals surface area contributed by atoms with Crippen LogP contribution in [0, 0.1) is 18.2 Å². The van der Waals surface area contributed by atoms with E-state index in [1.807, 2.05) is 13.8 Å². The molecule has 7 nitrogen and oxygen atoms in total. The normalized spacial score (nSPS) is 24.7. The molecule has 154 valence electrons. The van der Waals surface area contributed by atoms with Crippen LogP contribution in [0.4, 0.5) is 14.9 Å². The highest BCUT2D eigenvalue weighted by Crippen LogP contribution is 2.46. The Labute approximate surface area is 168 Å². The Hall–Kier alpha value is -2.58. The van der Waals surface area contributed by atoms with E-state index < -0.39 is 22.9 Å². The summed E-state index contributed by atoms with van der Waals surface area (Å²) in [5.74, 6) is -0.858. The molecule has 3 N–H and O–H groups in total. The number of amides is 3. The van der Waals surface area contributed by atoms with Crippen molar-refractivity contribution < 1.29 is 19.1 Å². The van der Waals surface area contributed by atoms with E-state index in [-0.39, 0.29) is 29.8 Å². The first kappa shape index (κ1) is 19.7. The van der Waals surface area contributed by atoms with Gasteiger partial charge in [-0.2, -0.15) is 0 Å². The molecular weight excluding hydrogens is 375 g/mol. The number of imide groups is 1. The van der Waals surface area contributed by atoms with Gasteiger partial charge in [-0.25, -0.2) is 9.18 Å². The third-order valence-electron chi connectivity index (χ3n) is 6.24. The van der Waals surface area contributed by atoms with Crippen molar-refractivity contribution in [1.29, 1.82) is 0 Å². The molecule has 8 heteroatoms. The molecule has 0 unspecified atom stereocenters. The maximum Gasteiger partial charge on any atom is 0.328 e. The van der Waals surface area contributed by atoms with Gasteiger partial charge in [-0.15, -0.1) is 0 Å². The molecule has 29 heavy (non-hydrogen) atoms. The van der Waals surface area contributed by atoms with E-state index in [1.165, 1.54) is 4.90 Å². The number of nitrogens with zero attached hydrogens (tertiary/aromatic N) is 2. The smallest absolute Gasteiger partial charge is 0.328 e. The second-order valence-corrected chi connectivity index (χ2v) is 8.51. The number of urea groups is 1. The summed E-state index contributed by atoms with van der Waals surface area (Å²) in [5, 5.41) is 17.2. The lowest BCUT2D eigenvalue weighted by molar-refractivity contribution is -0.120. The lowest BCUT2D eigenvalue weighted by atomic mass is 9.67. The van der Waals surface area contributed by atoms with E-state index in [2.05, 4.69) is 15.6 Å². The van der Waals surface area contributed by atoms with Crippen LogP contribution < -0.4 is 15.5 Å². The molecule has 1 atom stereocenters. The van der Waals surface area contributed by atoms with E-state index >= 15 is 4.39 Å². The number of anilines is 1. The molecule has 2 aliphatic rings. The van der Waals surface area contributed by atoms with Gasteiger partial charge in [0.1, 0.15) is 5.82 Å². The maximum atomic E-state index is 15.7. The lowest BCUT2D eigenvalue weighted by Gasteiger charge is -2.47. The Morgan fingerprint density at radius 2 is 2.03 bits per heavy atom. The summed E-state index contributed by atoms with van der Waals surface area (Å²) in [5.41, 5.74) is -0.169. The number of piperidine rings is 1. The number of fused-ring (bicyclic) bond motifs is 1. The van der Waals surface area contributed by atoms with Crippen LogP contribution in [0.1, 0.15) is 37.9 Å². The van der Waals surface area contributed by atoms with Crippen LogP contribution >= 0.6 is 0 Å². The van der Waals surface area contributed by atoms with Gasteiger partial charge in [0, 0.05) is 35.9 Å². The number of carbonyl (C=O) groups excluding carboxylic acids is 2. The largest absolute Gasteiger partial charge is 0.384 e. The van der Waals surface area contributed by atoms with Crippen LogP contribution in [0.2, 0.25) is 0 Å². The van der Waals surface area contributed by atoms with E-state index in [9.17, 15) is 14.7 Å². The standard InChI is InChI=1S/C21H25FN4O3/c1-12-16(26-9-6-17(27)25-19(26)28)10-13-15(24-12)5-4-14(18(13)22)21(29)7-8-23-11-20(21,2)3/h4-5,10,23,29H,6-9,11H2,1-3H3,(H,25,27,28)/t21-/m0/s1. The number of aliphatic hydroxyl groups is 1. The van der Waals surface area contributed by atoms with Crippen LogP contribution in [0.5, 0.6) is 0 Å². The number of nitrogens with one attached hydrogen (secondary N) is 2. The van der Waals surface area contributed by atoms with E-state index in [0.29, 0.717) is 36.4 Å². The minimum atomic E-state index is -1.32. The number of halogens is 1. The zero-order chi connectivity index (χ0) is 21.0. The first-order valence-electron chi connectivity index (χ1n) is 9.79. The predicted molar refractivity (Wildman–Crippen MR) is 107 cm³/mol. The molecule has 0 saturated carbocycles. The molecule has 2 fully saturated rings. The average Bonchev–Trinajstić information content (AvgIpc) is 2.64. The summed E-state index contributed by atoms with van der Waals surface area (Å²) in [6, 6.07) is 4.37. The summed E-state index contributed by atoms with van der Waals surface area (Å²) in [6.07, 6.45) is 0.567. The molecule has 3 amide bonds. The Morgan fingerprint density at radius 1 is 1.28 bits per heavy atom. The third kappa shape index (κ3) is 3.07. The zero-order valence-electron chi connectivity index (χ0n) is 16.8. The fraction of sp³-hybridized carbons (Fsp3) is 0.476. The van der Waals surface area contributed by atoms with Crippen molar-refractivity contribution >= 4 is 28.5 Å². The number of rotatable bonds is 2. The summed E-state index contributed by atoms with van der Waals surface area (Å²) in [6.45, 7) is 6.95. The molecule has 2 aromatic rings. The van der Waals surface area contributed by atoms with Gasteiger partial charge in [0.15, 0.2) is 0 Å². The fourth-order valence-corrected chi connectivity index (χ4v) is 4.34. The monoisotopic (exact) mass is 400 g/mol. The second kappa shape index (κ2) is 6.74. The Morgan fingerprint density at radius 3 is 2.72 bits per heavy atom. The van der Waals surface area contributed by atoms with Crippen molar-refractivity contribution in [3.8, 4) is 0 Å². The summed E-state index contributed by atoms with van der Waals surface area (Å²) >= 11 is 0. The number of hydrogen-bond donors (Lipinski definition) is 3. The molecule has 0 radical (unpaired) electrons. The van der Waals surface area contributed by atoms with Crippen molar-refractivity contribution in [3.63, 3.8) is 0 Å². The van der Waals surface area contributed by atoms with Crippen molar-refractivity contribution in [3.05, 3.63) is 35.3 Å². The molecule has 2 aliphatic heterocycles. The first-order chi connectivity index (χ1) is 13.6. The predicted octanol–water partition coefficient (Wildman–Crippen LogP) is 2.34. The van der Waals surface area contributed by atoms with Crippen LogP contribution in [-0.2, 0) is 10.4 Å². The molecular formula is C21H25FN4O3. The highest BCUT2D eigenvalue weighted by Gasteiger charge is 2.48. The van der Waals surface area contributed by atoms with Gasteiger partial charge in [0.25, 0.3) is 0 Å². The number of hydrogen-bond acceptors (Lipinski definition) is 5. The topological polar surface area (TPSA) is 94.6 Å². The third-order valence-corrected chi connectivity index (χ3v) is 6.24. The van der Waals surface area contributed by atoms with Crippen molar-refractivity contribution in [2.24, 2.45) is 5.41 Å². The number of pyridine rings is 1. The zero-order valence-corrected chi connectivity index (χ0v) is 16.8. The maximum absolute atomic E-state index is 15.7. The molecule has 0 bridgehead atoms. The van der Waals surface area contributed by atoms with Gasteiger partial charge in [-0.1, -0.05) is 19.9 Å². The van der Waals surface area contributed by atoms with Crippen molar-refractivity contribution in [1.82, 2.24) is 15.6 Å². The van der Waals surface area contributed by atoms with Crippen LogP contribution in [0.3, 0.4) is 0 Å². The fourth-order valence-electron chi connectivity index (χ4n) is 4.34. The lowest BCUT2D eigenvalue weighted by Crippen LogP contribution is -2.54. The molecule has 3 heterocycles.